The van der Waals surface area contributed by atoms with E-state index in [2.05, 4.69) is 10.6 Å². The quantitative estimate of drug-likeness (QED) is 0.239. The summed E-state index contributed by atoms with van der Waals surface area (Å²) in [7, 11) is 2.02. The van der Waals surface area contributed by atoms with Crippen LogP contribution in [0.5, 0.6) is 0 Å². The highest BCUT2D eigenvalue weighted by molar-refractivity contribution is 7.92. The van der Waals surface area contributed by atoms with E-state index in [1.54, 1.807) is 54.4 Å². The Morgan fingerprint density at radius 2 is 1.41 bits per heavy atom. The van der Waals surface area contributed by atoms with E-state index >= 15 is 0 Å². The number of likely N-dealkylation sites (N-methyl/N-ethyl adjacent to an activating group) is 1. The molecule has 9 nitrogen and oxygen atoms in total. The van der Waals surface area contributed by atoms with Crippen LogP contribution < -0.4 is 19.8 Å². The molecule has 0 fully saturated rings. The van der Waals surface area contributed by atoms with Gasteiger partial charge < -0.3 is 20.4 Å². The number of benzene rings is 4. The van der Waals surface area contributed by atoms with Crippen molar-refractivity contribution in [3.8, 4) is 0 Å². The van der Waals surface area contributed by atoms with Gasteiger partial charge in [0.1, 0.15) is 0 Å². The van der Waals surface area contributed by atoms with Crippen molar-refractivity contribution in [2.75, 3.05) is 60.3 Å². The van der Waals surface area contributed by atoms with Crippen molar-refractivity contribution in [3.63, 3.8) is 0 Å². The number of sulfonamides is 1. The van der Waals surface area contributed by atoms with Gasteiger partial charge in [0.15, 0.2) is 0 Å². The lowest BCUT2D eigenvalue weighted by molar-refractivity contribution is -0.110. The molecule has 1 aliphatic rings. The minimum Gasteiger partial charge on any atom is -0.354 e. The molecule has 2 N–H and O–H groups in total. The van der Waals surface area contributed by atoms with Gasteiger partial charge >= 0.3 is 0 Å². The highest BCUT2D eigenvalue weighted by Gasteiger charge is 2.30. The molecule has 0 saturated heterocycles. The van der Waals surface area contributed by atoms with Gasteiger partial charge in [0.25, 0.3) is 11.8 Å². The van der Waals surface area contributed by atoms with Gasteiger partial charge in [-0.2, -0.15) is 0 Å². The maximum Gasteiger partial charge on any atom is 0.258 e. The van der Waals surface area contributed by atoms with E-state index in [9.17, 15) is 18.0 Å². The molecule has 0 bridgehead atoms. The first kappa shape index (κ1) is 30.5. The molecule has 0 unspecified atom stereocenters. The van der Waals surface area contributed by atoms with Crippen LogP contribution in [0.25, 0.3) is 11.3 Å². The maximum atomic E-state index is 13.5. The van der Waals surface area contributed by atoms with Crippen LogP contribution in [0.1, 0.15) is 21.5 Å². The molecule has 0 radical (unpaired) electrons. The van der Waals surface area contributed by atoms with Gasteiger partial charge in [-0.15, -0.1) is 0 Å². The summed E-state index contributed by atoms with van der Waals surface area (Å²) < 4.78 is 26.4. The number of hydrogen-bond acceptors (Lipinski definition) is 6. The van der Waals surface area contributed by atoms with Crippen LogP contribution in [0.3, 0.4) is 0 Å². The molecule has 2 amide bonds. The summed E-state index contributed by atoms with van der Waals surface area (Å²) >= 11 is 0. The number of rotatable bonds is 10. The first-order chi connectivity index (χ1) is 21.0. The van der Waals surface area contributed by atoms with Crippen LogP contribution >= 0.6 is 0 Å². The Bertz CT molecular complexity index is 1810. The van der Waals surface area contributed by atoms with E-state index in [1.165, 1.54) is 10.6 Å². The van der Waals surface area contributed by atoms with E-state index < -0.39 is 10.0 Å². The molecule has 1 heterocycles. The van der Waals surface area contributed by atoms with E-state index in [4.69, 9.17) is 0 Å². The summed E-state index contributed by atoms with van der Waals surface area (Å²) in [6.45, 7) is 0.882. The van der Waals surface area contributed by atoms with Gasteiger partial charge in [0.05, 0.1) is 23.2 Å². The zero-order chi connectivity index (χ0) is 31.4. The maximum absolute atomic E-state index is 13.5. The number of carbonyl (C=O) groups is 2. The summed E-state index contributed by atoms with van der Waals surface area (Å²) in [5, 5.41) is 6.34. The Labute approximate surface area is 258 Å². The highest BCUT2D eigenvalue weighted by atomic mass is 32.2. The summed E-state index contributed by atoms with van der Waals surface area (Å²) in [5.74, 6) is -0.497. The summed E-state index contributed by atoms with van der Waals surface area (Å²) in [5.41, 5.74) is 5.36. The predicted molar refractivity (Wildman–Crippen MR) is 178 cm³/mol. The van der Waals surface area contributed by atoms with Crippen molar-refractivity contribution >= 4 is 55.9 Å². The van der Waals surface area contributed by atoms with E-state index in [1.807, 2.05) is 79.7 Å². The fourth-order valence-corrected chi connectivity index (χ4v) is 5.95. The number of fused-ring (bicyclic) bond motifs is 1. The second-order valence-electron chi connectivity index (χ2n) is 10.8. The second kappa shape index (κ2) is 12.7. The molecule has 0 spiro atoms. The number of nitrogens with zero attached hydrogens (tertiary/aromatic N) is 3. The number of para-hydroxylation sites is 1. The van der Waals surface area contributed by atoms with E-state index in [-0.39, 0.29) is 11.8 Å². The van der Waals surface area contributed by atoms with Crippen LogP contribution in [0.15, 0.2) is 103 Å². The Kier molecular flexibility index (Phi) is 8.84. The topological polar surface area (TPSA) is 102 Å². The van der Waals surface area contributed by atoms with Crippen molar-refractivity contribution in [2.45, 2.75) is 0 Å². The minimum atomic E-state index is -3.49. The lowest BCUT2D eigenvalue weighted by Gasteiger charge is -2.24. The largest absolute Gasteiger partial charge is 0.354 e. The first-order valence-electron chi connectivity index (χ1n) is 14.1. The average molecular weight is 610 g/mol. The zero-order valence-electron chi connectivity index (χ0n) is 25.1. The monoisotopic (exact) mass is 609 g/mol. The third-order valence-corrected chi connectivity index (χ3v) is 8.54. The number of carbonyl (C=O) groups excluding carboxylic acids is 2. The molecule has 0 aromatic heterocycles. The molecule has 4 aromatic rings. The molecule has 4 aromatic carbocycles. The van der Waals surface area contributed by atoms with Crippen molar-refractivity contribution in [3.05, 3.63) is 120 Å². The number of anilines is 4. The number of hydrogen-bond donors (Lipinski definition) is 2. The lowest BCUT2D eigenvalue weighted by atomic mass is 9.98. The fourth-order valence-electron chi connectivity index (χ4n) is 5.03. The van der Waals surface area contributed by atoms with Gasteiger partial charge in [-0.25, -0.2) is 8.42 Å². The smallest absolute Gasteiger partial charge is 0.258 e. The normalized spacial score (nSPS) is 13.7. The third-order valence-electron chi connectivity index (χ3n) is 7.35. The van der Waals surface area contributed by atoms with Crippen molar-refractivity contribution < 1.29 is 18.0 Å². The lowest BCUT2D eigenvalue weighted by Crippen LogP contribution is -2.35. The molecule has 0 saturated carbocycles. The molecule has 10 heteroatoms. The SMILES string of the molecule is CN(C)CCN(c1ccc(NC(=C2C(=O)Nc3ccc(C(=O)N(C)c4ccccc4)cc32)c2ccccc2)cc1)S(C)(=O)=O. The molecule has 5 rings (SSSR count). The van der Waals surface area contributed by atoms with Crippen LogP contribution in [-0.4, -0.2) is 65.6 Å². The highest BCUT2D eigenvalue weighted by Crippen LogP contribution is 2.38. The van der Waals surface area contributed by atoms with Crippen LogP contribution in [0, 0.1) is 0 Å². The average Bonchev–Trinajstić information content (AvgIpc) is 3.34. The summed E-state index contributed by atoms with van der Waals surface area (Å²) in [6, 6.07) is 31.1. The molecule has 44 heavy (non-hydrogen) atoms. The van der Waals surface area contributed by atoms with Crippen molar-refractivity contribution in [1.82, 2.24) is 4.90 Å². The van der Waals surface area contributed by atoms with E-state index in [0.29, 0.717) is 52.5 Å². The molecule has 1 aliphatic heterocycles. The Morgan fingerprint density at radius 3 is 2.02 bits per heavy atom. The molecule has 0 atom stereocenters. The van der Waals surface area contributed by atoms with Crippen LogP contribution in [-0.2, 0) is 14.8 Å². The molecular weight excluding hydrogens is 574 g/mol. The van der Waals surface area contributed by atoms with Gasteiger partial charge in [0.2, 0.25) is 10.0 Å². The van der Waals surface area contributed by atoms with Gasteiger partial charge in [0, 0.05) is 48.3 Å². The Hall–Kier alpha value is -4.93. The van der Waals surface area contributed by atoms with Crippen molar-refractivity contribution in [1.29, 1.82) is 0 Å². The van der Waals surface area contributed by atoms with Gasteiger partial charge in [-0.1, -0.05) is 48.5 Å². The first-order valence-corrected chi connectivity index (χ1v) is 16.0. The summed E-state index contributed by atoms with van der Waals surface area (Å²) in [6.07, 6.45) is 1.19. The fraction of sp³-hybridized carbons (Fsp3) is 0.176. The third kappa shape index (κ3) is 6.66. The van der Waals surface area contributed by atoms with Gasteiger partial charge in [-0.3, -0.25) is 13.9 Å². The van der Waals surface area contributed by atoms with Crippen LogP contribution in [0.2, 0.25) is 0 Å². The van der Waals surface area contributed by atoms with E-state index in [0.717, 1.165) is 11.3 Å². The second-order valence-corrected chi connectivity index (χ2v) is 12.7. The Balaban J connectivity index is 1.53. The number of amides is 2. The van der Waals surface area contributed by atoms with Gasteiger partial charge in [-0.05, 0) is 74.3 Å². The Morgan fingerprint density at radius 1 is 0.773 bits per heavy atom. The number of nitrogens with one attached hydrogen (secondary N) is 2. The molecule has 0 aliphatic carbocycles. The predicted octanol–water partition coefficient (Wildman–Crippen LogP) is 5.22. The van der Waals surface area contributed by atoms with Crippen molar-refractivity contribution in [2.24, 2.45) is 0 Å². The standard InChI is InChI=1S/C34H35N5O4S/c1-37(2)21-22-39(44(4,42)43)28-18-16-26(17-19-28)35-32(24-11-7-5-8-12-24)31-29-23-25(15-20-30(29)36-33(31)40)34(41)38(3)27-13-9-6-10-14-27/h5-20,23,35H,21-22H2,1-4H3,(H,36,40). The van der Waals surface area contributed by atoms with Crippen LogP contribution in [0.4, 0.5) is 22.7 Å². The molecular formula is C34H35N5O4S. The summed E-state index contributed by atoms with van der Waals surface area (Å²) in [4.78, 5) is 30.4. The zero-order valence-corrected chi connectivity index (χ0v) is 25.9. The minimum absolute atomic E-state index is 0.202. The molecule has 226 valence electrons.